The minimum atomic E-state index is -0.273. The molecule has 0 aliphatic rings. The van der Waals surface area contributed by atoms with Crippen molar-refractivity contribution in [3.8, 4) is 0 Å². The van der Waals surface area contributed by atoms with Crippen molar-refractivity contribution in [3.63, 3.8) is 0 Å². The molecule has 3 rings (SSSR count). The Balaban J connectivity index is 1.88. The van der Waals surface area contributed by atoms with Crippen LogP contribution < -0.4 is 5.32 Å². The number of carbonyl (C=O) groups is 1. The number of rotatable bonds is 4. The van der Waals surface area contributed by atoms with Crippen molar-refractivity contribution in [2.75, 3.05) is 5.32 Å². The number of nitrogens with zero attached hydrogens (tertiary/aromatic N) is 2. The lowest BCUT2D eigenvalue weighted by molar-refractivity contribution is 0.102. The van der Waals surface area contributed by atoms with Crippen LogP contribution in [0, 0.1) is 0 Å². The number of aromatic nitrogens is 2. The van der Waals surface area contributed by atoms with Crippen LogP contribution in [0.15, 0.2) is 53.5 Å². The molecule has 2 heterocycles. The molecule has 0 saturated carbocycles. The predicted octanol–water partition coefficient (Wildman–Crippen LogP) is 4.64. The van der Waals surface area contributed by atoms with Gasteiger partial charge in [0.25, 0.3) is 5.91 Å². The molecule has 0 aliphatic heterocycles. The van der Waals surface area contributed by atoms with Gasteiger partial charge >= 0.3 is 0 Å². The molecule has 5 nitrogen and oxygen atoms in total. The summed E-state index contributed by atoms with van der Waals surface area (Å²) in [5, 5.41) is 8.26. The first-order valence-electron chi connectivity index (χ1n) is 6.88. The SMILES string of the molecule is CC(c1cc(Cl)ccc1Cl)n1nccc1NC(=O)c1ccoc1. The Hall–Kier alpha value is -2.24. The molecule has 0 spiro atoms. The maximum atomic E-state index is 12.1. The number of hydrogen-bond donors (Lipinski definition) is 1. The van der Waals surface area contributed by atoms with Gasteiger partial charge in [0.2, 0.25) is 0 Å². The summed E-state index contributed by atoms with van der Waals surface area (Å²) >= 11 is 12.3. The number of furan rings is 1. The van der Waals surface area contributed by atoms with E-state index in [0.29, 0.717) is 21.4 Å². The van der Waals surface area contributed by atoms with Crippen LogP contribution in [-0.4, -0.2) is 15.7 Å². The van der Waals surface area contributed by atoms with Gasteiger partial charge in [0.05, 0.1) is 24.1 Å². The number of amides is 1. The number of hydrogen-bond acceptors (Lipinski definition) is 3. The molecular weight excluding hydrogens is 337 g/mol. The minimum absolute atomic E-state index is 0.198. The predicted molar refractivity (Wildman–Crippen MR) is 89.2 cm³/mol. The standard InChI is InChI=1S/C16H13Cl2N3O2/c1-10(13-8-12(17)2-3-14(13)18)21-15(4-6-19-21)20-16(22)11-5-7-23-9-11/h2-10H,1H3,(H,20,22). The van der Waals surface area contributed by atoms with Gasteiger partial charge in [0.15, 0.2) is 0 Å². The normalized spacial score (nSPS) is 12.1. The van der Waals surface area contributed by atoms with E-state index in [-0.39, 0.29) is 11.9 Å². The van der Waals surface area contributed by atoms with E-state index in [4.69, 9.17) is 27.6 Å². The summed E-state index contributed by atoms with van der Waals surface area (Å²) in [5.74, 6) is 0.282. The third-order valence-electron chi connectivity index (χ3n) is 3.47. The molecule has 1 atom stereocenters. The first kappa shape index (κ1) is 15.6. The summed E-state index contributed by atoms with van der Waals surface area (Å²) in [6.45, 7) is 1.93. The second-order valence-corrected chi connectivity index (χ2v) is 5.81. The summed E-state index contributed by atoms with van der Waals surface area (Å²) in [7, 11) is 0. The van der Waals surface area contributed by atoms with E-state index in [9.17, 15) is 4.79 Å². The second kappa shape index (κ2) is 6.48. The van der Waals surface area contributed by atoms with Crippen molar-refractivity contribution < 1.29 is 9.21 Å². The van der Waals surface area contributed by atoms with E-state index in [1.165, 1.54) is 12.5 Å². The van der Waals surface area contributed by atoms with Crippen molar-refractivity contribution >= 4 is 34.9 Å². The smallest absolute Gasteiger partial charge is 0.260 e. The van der Waals surface area contributed by atoms with Crippen molar-refractivity contribution in [1.82, 2.24) is 9.78 Å². The maximum Gasteiger partial charge on any atom is 0.260 e. The second-order valence-electron chi connectivity index (χ2n) is 4.97. The van der Waals surface area contributed by atoms with Crippen molar-refractivity contribution in [2.45, 2.75) is 13.0 Å². The summed E-state index contributed by atoms with van der Waals surface area (Å²) in [5.41, 5.74) is 1.26. The molecule has 0 saturated heterocycles. The molecule has 0 aliphatic carbocycles. The number of carbonyl (C=O) groups excluding carboxylic acids is 1. The zero-order valence-electron chi connectivity index (χ0n) is 12.2. The first-order chi connectivity index (χ1) is 11.1. The van der Waals surface area contributed by atoms with Crippen molar-refractivity contribution in [1.29, 1.82) is 0 Å². The van der Waals surface area contributed by atoms with E-state index in [2.05, 4.69) is 10.4 Å². The number of anilines is 1. The van der Waals surface area contributed by atoms with Gasteiger partial charge in [-0.3, -0.25) is 4.79 Å². The molecule has 1 aromatic carbocycles. The van der Waals surface area contributed by atoms with Gasteiger partial charge in [-0.15, -0.1) is 0 Å². The quantitative estimate of drug-likeness (QED) is 0.745. The van der Waals surface area contributed by atoms with Gasteiger partial charge in [0, 0.05) is 16.1 Å². The lowest BCUT2D eigenvalue weighted by atomic mass is 10.1. The summed E-state index contributed by atoms with van der Waals surface area (Å²) in [6, 6.07) is 8.36. The number of benzene rings is 1. The minimum Gasteiger partial charge on any atom is -0.472 e. The third kappa shape index (κ3) is 3.25. The Kier molecular flexibility index (Phi) is 4.41. The molecular formula is C16H13Cl2N3O2. The highest BCUT2D eigenvalue weighted by molar-refractivity contribution is 6.33. The maximum absolute atomic E-state index is 12.1. The lowest BCUT2D eigenvalue weighted by Crippen LogP contribution is -2.18. The zero-order valence-corrected chi connectivity index (χ0v) is 13.7. The highest BCUT2D eigenvalue weighted by Gasteiger charge is 2.18. The fraction of sp³-hybridized carbons (Fsp3) is 0.125. The molecule has 0 radical (unpaired) electrons. The Morgan fingerprint density at radius 1 is 1.30 bits per heavy atom. The Bertz CT molecular complexity index is 828. The van der Waals surface area contributed by atoms with Gasteiger partial charge in [-0.05, 0) is 36.8 Å². The average Bonchev–Trinajstić information content (AvgIpc) is 3.20. The summed E-state index contributed by atoms with van der Waals surface area (Å²) in [6.07, 6.45) is 4.44. The molecule has 23 heavy (non-hydrogen) atoms. The van der Waals surface area contributed by atoms with Crippen LogP contribution in [0.25, 0.3) is 0 Å². The largest absolute Gasteiger partial charge is 0.472 e. The van der Waals surface area contributed by atoms with Crippen molar-refractivity contribution in [2.24, 2.45) is 0 Å². The van der Waals surface area contributed by atoms with Gasteiger partial charge in [-0.1, -0.05) is 23.2 Å². The number of nitrogens with one attached hydrogen (secondary N) is 1. The van der Waals surface area contributed by atoms with Crippen LogP contribution in [0.4, 0.5) is 5.82 Å². The molecule has 1 unspecified atom stereocenters. The van der Waals surface area contributed by atoms with E-state index < -0.39 is 0 Å². The zero-order chi connectivity index (χ0) is 16.4. The molecule has 118 valence electrons. The van der Waals surface area contributed by atoms with Crippen LogP contribution >= 0.6 is 23.2 Å². The Morgan fingerprint density at radius 2 is 2.13 bits per heavy atom. The van der Waals surface area contributed by atoms with Crippen LogP contribution in [0.3, 0.4) is 0 Å². The summed E-state index contributed by atoms with van der Waals surface area (Å²) in [4.78, 5) is 12.1. The Morgan fingerprint density at radius 3 is 2.87 bits per heavy atom. The molecule has 3 aromatic rings. The fourth-order valence-corrected chi connectivity index (χ4v) is 2.73. The average molecular weight is 350 g/mol. The molecule has 2 aromatic heterocycles. The van der Waals surface area contributed by atoms with E-state index in [1.807, 2.05) is 6.92 Å². The molecule has 0 fully saturated rings. The molecule has 1 N–H and O–H groups in total. The fourth-order valence-electron chi connectivity index (χ4n) is 2.27. The lowest BCUT2D eigenvalue weighted by Gasteiger charge is -2.18. The summed E-state index contributed by atoms with van der Waals surface area (Å²) < 4.78 is 6.59. The van der Waals surface area contributed by atoms with Gasteiger partial charge in [0.1, 0.15) is 12.1 Å². The van der Waals surface area contributed by atoms with E-state index >= 15 is 0 Å². The van der Waals surface area contributed by atoms with E-state index in [0.717, 1.165) is 5.56 Å². The van der Waals surface area contributed by atoms with Crippen LogP contribution in [0.2, 0.25) is 10.0 Å². The van der Waals surface area contributed by atoms with Crippen LogP contribution in [-0.2, 0) is 0 Å². The third-order valence-corrected chi connectivity index (χ3v) is 4.05. The molecule has 0 bridgehead atoms. The monoisotopic (exact) mass is 349 g/mol. The Labute approximate surface area is 142 Å². The topological polar surface area (TPSA) is 60.1 Å². The first-order valence-corrected chi connectivity index (χ1v) is 7.64. The number of halogens is 2. The van der Waals surface area contributed by atoms with Gasteiger partial charge < -0.3 is 9.73 Å². The van der Waals surface area contributed by atoms with E-state index in [1.54, 1.807) is 41.2 Å². The van der Waals surface area contributed by atoms with Crippen LogP contribution in [0.5, 0.6) is 0 Å². The highest BCUT2D eigenvalue weighted by Crippen LogP contribution is 2.30. The highest BCUT2D eigenvalue weighted by atomic mass is 35.5. The van der Waals surface area contributed by atoms with Gasteiger partial charge in [-0.2, -0.15) is 5.10 Å². The molecule has 1 amide bonds. The van der Waals surface area contributed by atoms with Crippen LogP contribution in [0.1, 0.15) is 28.9 Å². The van der Waals surface area contributed by atoms with Crippen molar-refractivity contribution in [3.05, 3.63) is 70.2 Å². The molecule has 7 heteroatoms. The van der Waals surface area contributed by atoms with Gasteiger partial charge in [-0.25, -0.2) is 4.68 Å².